The van der Waals surface area contributed by atoms with Gasteiger partial charge in [0.2, 0.25) is 11.8 Å². The average molecular weight is 1130 g/mol. The lowest BCUT2D eigenvalue weighted by atomic mass is 10.0. The lowest BCUT2D eigenvalue weighted by Crippen LogP contribution is -2.48. The SMILES string of the molecule is O=C(CCCC[C@@H]1SC[C@@H]2NC(=O)N[C@@H]21)N[C@@H](Cc1cn(CCOCCOCCOCCNC(=O)c2ccc(C(=O)c3ccccc3)cc2)nn1)C(=O)NCCc1ccc(O)c(/N=N/c2ccc(C(=O)ON3C(=O)CCC3=O)cc2)c1. The number of hydroxylamine groups is 2. The van der Waals surface area contributed by atoms with Gasteiger partial charge in [0.1, 0.15) is 17.5 Å². The second kappa shape index (κ2) is 29.7. The van der Waals surface area contributed by atoms with Gasteiger partial charge in [-0.25, -0.2) is 14.3 Å². The molecule has 8 rings (SSSR count). The number of amides is 7. The molecule has 1 aromatic heterocycles. The highest BCUT2D eigenvalue weighted by Crippen LogP contribution is 2.33. The zero-order chi connectivity index (χ0) is 56.9. The van der Waals surface area contributed by atoms with Crippen molar-refractivity contribution in [2.45, 2.75) is 81.3 Å². The number of hydrogen-bond acceptors (Lipinski definition) is 18. The van der Waals surface area contributed by atoms with Crippen molar-refractivity contribution in [2.75, 3.05) is 58.5 Å². The lowest BCUT2D eigenvalue weighted by molar-refractivity contribution is -0.172. The summed E-state index contributed by atoms with van der Waals surface area (Å²) >= 11 is 1.81. The summed E-state index contributed by atoms with van der Waals surface area (Å²) in [7, 11) is 0. The van der Waals surface area contributed by atoms with Crippen LogP contribution in [0.15, 0.2) is 113 Å². The van der Waals surface area contributed by atoms with Crippen LogP contribution in [0.5, 0.6) is 5.75 Å². The van der Waals surface area contributed by atoms with Crippen LogP contribution in [0.2, 0.25) is 0 Å². The summed E-state index contributed by atoms with van der Waals surface area (Å²) in [6, 6.07) is 25.0. The molecule has 0 unspecified atom stereocenters. The Kier molecular flexibility index (Phi) is 21.6. The summed E-state index contributed by atoms with van der Waals surface area (Å²) in [6.07, 6.45) is 4.43. The molecular weight excluding hydrogens is 1070 g/mol. The van der Waals surface area contributed by atoms with Gasteiger partial charge in [-0.3, -0.25) is 28.8 Å². The molecule has 3 aliphatic heterocycles. The third-order valence-electron chi connectivity index (χ3n) is 13.2. The first-order valence-corrected chi connectivity index (χ1v) is 27.7. The van der Waals surface area contributed by atoms with E-state index < -0.39 is 29.7 Å². The average Bonchev–Trinajstić information content (AvgIpc) is 4.35. The normalized spacial score (nSPS) is 16.9. The molecule has 3 fully saturated rings. The minimum absolute atomic E-state index is 0.0271. The summed E-state index contributed by atoms with van der Waals surface area (Å²) in [6.45, 7) is 2.72. The van der Waals surface area contributed by atoms with E-state index in [1.54, 1.807) is 71.5 Å². The minimum atomic E-state index is -0.977. The second-order valence-electron chi connectivity index (χ2n) is 19.1. The molecule has 4 aromatic carbocycles. The molecule has 81 heavy (non-hydrogen) atoms. The number of nitrogens with one attached hydrogen (secondary N) is 5. The third-order valence-corrected chi connectivity index (χ3v) is 14.7. The maximum Gasteiger partial charge on any atom is 0.363 e. The van der Waals surface area contributed by atoms with E-state index in [0.717, 1.165) is 18.6 Å². The van der Waals surface area contributed by atoms with Gasteiger partial charge in [0.05, 0.1) is 75.2 Å². The number of aromatic nitrogens is 3. The molecule has 3 saturated heterocycles. The number of nitrogens with zero attached hydrogens (tertiary/aromatic N) is 6. The van der Waals surface area contributed by atoms with Crippen molar-refractivity contribution in [3.63, 3.8) is 0 Å². The van der Waals surface area contributed by atoms with Gasteiger partial charge in [0.25, 0.3) is 17.7 Å². The highest BCUT2D eigenvalue weighted by molar-refractivity contribution is 8.00. The number of imide groups is 1. The Hall–Kier alpha value is -8.39. The van der Waals surface area contributed by atoms with Gasteiger partial charge in [-0.15, -0.1) is 15.3 Å². The van der Waals surface area contributed by atoms with Crippen LogP contribution in [0.25, 0.3) is 0 Å². The molecule has 25 heteroatoms. The maximum atomic E-state index is 13.8. The molecule has 0 saturated carbocycles. The number of phenols is 1. The third kappa shape index (κ3) is 17.6. The van der Waals surface area contributed by atoms with E-state index in [1.165, 1.54) is 30.3 Å². The largest absolute Gasteiger partial charge is 0.506 e. The van der Waals surface area contributed by atoms with Gasteiger partial charge >= 0.3 is 12.0 Å². The molecule has 3 aliphatic rings. The van der Waals surface area contributed by atoms with Crippen molar-refractivity contribution < 1.29 is 62.5 Å². The predicted octanol–water partition coefficient (Wildman–Crippen LogP) is 4.44. The van der Waals surface area contributed by atoms with Gasteiger partial charge in [0, 0.05) is 72.7 Å². The van der Waals surface area contributed by atoms with Crippen LogP contribution in [-0.2, 0) is 57.6 Å². The molecular formula is C56H63N11O13S. The van der Waals surface area contributed by atoms with Gasteiger partial charge in [-0.2, -0.15) is 16.9 Å². The fourth-order valence-electron chi connectivity index (χ4n) is 8.90. The van der Waals surface area contributed by atoms with Gasteiger partial charge in [-0.1, -0.05) is 60.2 Å². The first-order chi connectivity index (χ1) is 39.4. The second-order valence-corrected chi connectivity index (χ2v) is 20.4. The summed E-state index contributed by atoms with van der Waals surface area (Å²) in [4.78, 5) is 105. The summed E-state index contributed by atoms with van der Waals surface area (Å²) in [5.74, 6) is -2.49. The molecule has 24 nitrogen and oxygen atoms in total. The molecule has 0 bridgehead atoms. The topological polar surface area (TPSA) is 313 Å². The molecule has 0 aliphatic carbocycles. The maximum absolute atomic E-state index is 13.8. The molecule has 426 valence electrons. The zero-order valence-corrected chi connectivity index (χ0v) is 45.1. The number of hydrogen-bond donors (Lipinski definition) is 6. The number of carbonyl (C=O) groups excluding carboxylic acids is 8. The smallest absolute Gasteiger partial charge is 0.363 e. The van der Waals surface area contributed by atoms with E-state index in [2.05, 4.69) is 47.1 Å². The fourth-order valence-corrected chi connectivity index (χ4v) is 10.4. The number of benzene rings is 4. The number of carbonyl (C=O) groups is 8. The van der Waals surface area contributed by atoms with Crippen LogP contribution in [-0.4, -0.2) is 154 Å². The summed E-state index contributed by atoms with van der Waals surface area (Å²) < 4.78 is 18.5. The number of unbranched alkanes of at least 4 members (excludes halogenated alkanes) is 1. The standard InChI is InChI=1S/C56H63N11O13S/c68-46-19-10-36(32-43(46)64-62-41-17-15-40(16-18-41)55(75)80-67-49(70)20-21-50(67)71)22-23-57-54(74)44(59-48(69)9-5-4-8-47-51-45(35-81-47)60-56(76)61-51)33-42-34-66(65-63-42)25-27-78-29-31-79-30-28-77-26-24-58-53(73)39-13-11-38(12-14-39)52(72)37-6-2-1-3-7-37/h1-3,6-7,10-19,32,34,44-45,47,51,68H,4-5,8-9,20-31,33,35H2,(H,57,74)(H,58,73)(H,59,69)(H2,60,61,76)/b64-62+/t44-,45-,47-,51-/m0/s1. The predicted molar refractivity (Wildman–Crippen MR) is 293 cm³/mol. The van der Waals surface area contributed by atoms with Gasteiger partial charge in [0.15, 0.2) is 5.78 Å². The lowest BCUT2D eigenvalue weighted by Gasteiger charge is -2.18. The number of thioether (sulfide) groups is 1. The molecule has 4 heterocycles. The van der Waals surface area contributed by atoms with Crippen molar-refractivity contribution in [3.05, 3.63) is 137 Å². The van der Waals surface area contributed by atoms with E-state index >= 15 is 0 Å². The van der Waals surface area contributed by atoms with Gasteiger partial charge < -0.3 is 50.7 Å². The minimum Gasteiger partial charge on any atom is -0.506 e. The molecule has 6 N–H and O–H groups in total. The van der Waals surface area contributed by atoms with Crippen LogP contribution in [0.4, 0.5) is 16.2 Å². The van der Waals surface area contributed by atoms with Crippen molar-refractivity contribution in [1.82, 2.24) is 46.6 Å². The Morgan fingerprint density at radius 3 is 2.20 bits per heavy atom. The number of rotatable bonds is 31. The Morgan fingerprint density at radius 2 is 1.44 bits per heavy atom. The molecule has 5 aromatic rings. The van der Waals surface area contributed by atoms with E-state index in [4.69, 9.17) is 19.0 Å². The van der Waals surface area contributed by atoms with Crippen LogP contribution >= 0.6 is 11.8 Å². The Bertz CT molecular complexity index is 3020. The number of urea groups is 1. The first-order valence-electron chi connectivity index (χ1n) is 26.6. The van der Waals surface area contributed by atoms with Crippen LogP contribution in [0, 0.1) is 0 Å². The summed E-state index contributed by atoms with van der Waals surface area (Å²) in [5, 5.41) is 42.6. The highest BCUT2D eigenvalue weighted by atomic mass is 32.2. The molecule has 7 amide bonds. The van der Waals surface area contributed by atoms with E-state index in [1.807, 2.05) is 17.8 Å². The highest BCUT2D eigenvalue weighted by Gasteiger charge is 2.42. The van der Waals surface area contributed by atoms with E-state index in [9.17, 15) is 43.5 Å². The Balaban J connectivity index is 0.739. The Labute approximate surface area is 470 Å². The zero-order valence-electron chi connectivity index (χ0n) is 44.3. The van der Waals surface area contributed by atoms with Crippen LogP contribution in [0.1, 0.15) is 86.4 Å². The number of azo groups is 1. The van der Waals surface area contributed by atoms with E-state index in [0.29, 0.717) is 97.7 Å². The molecule has 0 spiro atoms. The van der Waals surface area contributed by atoms with Crippen molar-refractivity contribution in [1.29, 1.82) is 0 Å². The monoisotopic (exact) mass is 1130 g/mol. The van der Waals surface area contributed by atoms with Gasteiger partial charge in [-0.05, 0) is 73.4 Å². The summed E-state index contributed by atoms with van der Waals surface area (Å²) in [5.41, 5.74) is 3.26. The number of ketones is 1. The van der Waals surface area contributed by atoms with Crippen LogP contribution in [0.3, 0.4) is 0 Å². The van der Waals surface area contributed by atoms with Crippen molar-refractivity contribution >= 4 is 70.5 Å². The number of aromatic hydroxyl groups is 1. The number of fused-ring (bicyclic) bond motifs is 1. The van der Waals surface area contributed by atoms with Crippen molar-refractivity contribution in [3.8, 4) is 5.75 Å². The molecule has 0 radical (unpaired) electrons. The Morgan fingerprint density at radius 1 is 0.753 bits per heavy atom. The molecule has 4 atom stereocenters. The number of ether oxygens (including phenoxy) is 3. The quantitative estimate of drug-likeness (QED) is 0.0117. The first kappa shape index (κ1) is 58.8. The fraction of sp³-hybridized carbons (Fsp3) is 0.393. The van der Waals surface area contributed by atoms with Crippen molar-refractivity contribution in [2.24, 2.45) is 10.2 Å². The van der Waals surface area contributed by atoms with Crippen LogP contribution < -0.4 is 26.6 Å². The van der Waals surface area contributed by atoms with E-state index in [-0.39, 0.29) is 96.8 Å². The number of phenolic OH excluding ortho intramolecular Hbond substituents is 1.